The summed E-state index contributed by atoms with van der Waals surface area (Å²) in [6.45, 7) is 0.157. The molecule has 46 heteroatoms. The second-order valence-electron chi connectivity index (χ2n) is 19.9. The molecule has 4 bridgehead atoms. The Morgan fingerprint density at radius 2 is 0.913 bits per heavy atom. The molecule has 0 aromatic carbocycles. The highest BCUT2D eigenvalue weighted by atomic mass is 16.8. The Morgan fingerprint density at radius 3 is 1.36 bits per heavy atom. The van der Waals surface area contributed by atoms with Crippen LogP contribution in [0.5, 0.6) is 0 Å². The molecule has 5 aliphatic rings. The van der Waals surface area contributed by atoms with Crippen molar-refractivity contribution >= 4 is 0 Å². The minimum Gasteiger partial charge on any atom is -0.506 e. The molecule has 4 aliphatic heterocycles. The number of hydrogen-bond acceptors (Lipinski definition) is 34. The lowest BCUT2D eigenvalue weighted by Gasteiger charge is -2.72. The van der Waals surface area contributed by atoms with Crippen molar-refractivity contribution < 1.29 is 139 Å². The van der Waals surface area contributed by atoms with Gasteiger partial charge in [0.2, 0.25) is 25.2 Å². The molecule has 2 saturated heterocycles. The van der Waals surface area contributed by atoms with Gasteiger partial charge in [0.15, 0.2) is 70.5 Å². The summed E-state index contributed by atoms with van der Waals surface area (Å²) in [6.07, 6.45) is -48.8. The molecule has 0 aromatic rings. The van der Waals surface area contributed by atoms with Crippen molar-refractivity contribution in [1.29, 1.82) is 0 Å². The molecule has 4 heterocycles. The predicted molar refractivity (Wildman–Crippen MR) is 296 cm³/mol. The van der Waals surface area contributed by atoms with Crippen LogP contribution in [0, 0.1) is 0 Å². The first-order valence-corrected chi connectivity index (χ1v) is 27.3. The summed E-state index contributed by atoms with van der Waals surface area (Å²) in [4.78, 5) is 15.4. The van der Waals surface area contributed by atoms with E-state index in [0.29, 0.717) is 0 Å². The molecule has 1 aliphatic carbocycles. The van der Waals surface area contributed by atoms with Gasteiger partial charge in [-0.1, -0.05) is 50.3 Å². The van der Waals surface area contributed by atoms with Crippen LogP contribution in [0.25, 0.3) is 62.7 Å². The van der Waals surface area contributed by atoms with Gasteiger partial charge in [-0.05, 0) is 71.7 Å². The van der Waals surface area contributed by atoms with Gasteiger partial charge < -0.3 is 139 Å². The van der Waals surface area contributed by atoms with Gasteiger partial charge in [0.1, 0.15) is 79.4 Å². The molecule has 1 saturated carbocycles. The maximum Gasteiger partial charge on any atom is 0.218 e. The summed E-state index contributed by atoms with van der Waals surface area (Å²) in [7, 11) is 0. The fourth-order valence-electron chi connectivity index (χ4n) is 9.58. The molecule has 0 aromatic heterocycles. The Bertz CT molecular complexity index is 2920. The fourth-order valence-corrected chi connectivity index (χ4v) is 9.58. The van der Waals surface area contributed by atoms with Crippen LogP contribution in [0.2, 0.25) is 0 Å². The second kappa shape index (κ2) is 36.4. The predicted octanol–water partition coefficient (Wildman–Crippen LogP) is 0.835. The van der Waals surface area contributed by atoms with Gasteiger partial charge in [-0.15, -0.1) is 0 Å². The van der Waals surface area contributed by atoms with E-state index in [2.05, 4.69) is 66.7 Å². The monoisotopic (exact) mass is 1320 g/mol. The summed E-state index contributed by atoms with van der Waals surface area (Å²) in [5.74, 6) is -11.7. The number of nitrogens with zero attached hydrogens (tertiary/aromatic N) is 18. The van der Waals surface area contributed by atoms with Crippen molar-refractivity contribution in [2.75, 3.05) is 45.9 Å². The van der Waals surface area contributed by atoms with E-state index in [1.54, 1.807) is 0 Å². The third-order valence-corrected chi connectivity index (χ3v) is 14.4. The molecule has 22 unspecified atom stereocenters. The Balaban J connectivity index is 1.95. The van der Waals surface area contributed by atoms with E-state index in [1.807, 2.05) is 0 Å². The van der Waals surface area contributed by atoms with E-state index < -0.39 is 259 Å². The first-order valence-electron chi connectivity index (χ1n) is 27.3. The maximum absolute atomic E-state index is 12.1. The smallest absolute Gasteiger partial charge is 0.218 e. The van der Waals surface area contributed by atoms with Gasteiger partial charge in [-0.3, -0.25) is 0 Å². The number of rotatable bonds is 21. The highest BCUT2D eigenvalue weighted by molar-refractivity contribution is 5.33. The van der Waals surface area contributed by atoms with Crippen molar-refractivity contribution in [2.45, 2.75) is 180 Å². The number of hydrogen-bond donors (Lipinski definition) is 18. The average Bonchev–Trinajstić information content (AvgIpc) is 0.655. The summed E-state index contributed by atoms with van der Waals surface area (Å²) < 4.78 is 55.8. The van der Waals surface area contributed by atoms with Crippen LogP contribution in [0.3, 0.4) is 0 Å². The molecule has 512 valence electrons. The molecule has 0 amide bonds. The van der Waals surface area contributed by atoms with Crippen LogP contribution in [-0.2, 0) is 47.4 Å². The van der Waals surface area contributed by atoms with Crippen LogP contribution in [0.4, 0.5) is 0 Å². The quantitative estimate of drug-likeness (QED) is 0.0328. The average molecular weight is 1320 g/mol. The molecule has 3 fully saturated rings. The molecule has 0 radical (unpaired) electrons. The van der Waals surface area contributed by atoms with E-state index in [9.17, 15) is 97.4 Å². The van der Waals surface area contributed by atoms with Crippen LogP contribution in [0.15, 0.2) is 89.4 Å². The largest absolute Gasteiger partial charge is 0.506 e. The van der Waals surface area contributed by atoms with Crippen molar-refractivity contribution in [3.63, 3.8) is 0 Å². The molecule has 22 atom stereocenters. The van der Waals surface area contributed by atoms with Gasteiger partial charge in [0.25, 0.3) is 0 Å². The zero-order valence-electron chi connectivity index (χ0n) is 48.2. The highest BCUT2D eigenvalue weighted by Gasteiger charge is 2.85. The summed E-state index contributed by atoms with van der Waals surface area (Å²) in [5, 5.41) is 224. The van der Waals surface area contributed by atoms with E-state index in [-0.39, 0.29) is 6.42 Å². The van der Waals surface area contributed by atoms with Crippen LogP contribution in [-0.4, -0.2) is 272 Å². The molecule has 92 heavy (non-hydrogen) atoms. The molecular weight excluding hydrogens is 1250 g/mol. The number of ether oxygens (including phenoxy) is 10. The zero-order valence-corrected chi connectivity index (χ0v) is 48.2. The van der Waals surface area contributed by atoms with E-state index >= 15 is 0 Å². The van der Waals surface area contributed by atoms with Crippen molar-refractivity contribution in [1.82, 2.24) is 0 Å². The lowest BCUT2D eigenvalue weighted by atomic mass is 9.55. The number of fused-ring (bicyclic) bond motifs is 23. The summed E-state index contributed by atoms with van der Waals surface area (Å²) in [6, 6.07) is 0. The third kappa shape index (κ3) is 18.3. The van der Waals surface area contributed by atoms with E-state index in [4.69, 9.17) is 75.0 Å². The minimum absolute atomic E-state index is 0.207. The van der Waals surface area contributed by atoms with Crippen molar-refractivity contribution in [3.8, 4) is 0 Å². The Kier molecular flexibility index (Phi) is 30.3. The fraction of sp³-hybridized carbons (Fsp3) is 0.783. The third-order valence-electron chi connectivity index (χ3n) is 14.4. The van der Waals surface area contributed by atoms with Gasteiger partial charge in [0, 0.05) is 62.2 Å². The normalized spacial score (nSPS) is 39.6. The standard InChI is InChI=1S/C46H70N18O28/c1-3-15-83-35-27(69)22(9-14-57-63-51)88-43-33(75)28(70)34(17(4-2)87-43)90-41(80)32(74)25(67)20(7-12-55-61-49)86-39(78)30(72)23(65)18(5-10-53-59-47)84-38(77)29(71)24(66)19(6-11-54-60-48)85-40(79)31(73)26(68)21(8-13-56-62-50)89-44-46(82)36(76)37(91-42(35)81)45(46,92-44)16-58-64-52/h3,17-22,25,28,32-34,36-44,65-82H,1,4-16H2,2H3/b29-24-,30-23-,31-26+,35-27-. The number of aliphatic hydroxyl groups is 18. The lowest BCUT2D eigenvalue weighted by Crippen LogP contribution is -2.96. The van der Waals surface area contributed by atoms with Crippen molar-refractivity contribution in [2.24, 2.45) is 30.7 Å². The maximum atomic E-state index is 12.1. The Morgan fingerprint density at radius 1 is 0.478 bits per heavy atom. The number of azide groups is 6. The van der Waals surface area contributed by atoms with Gasteiger partial charge >= 0.3 is 0 Å². The lowest BCUT2D eigenvalue weighted by molar-refractivity contribution is -0.526. The van der Waals surface area contributed by atoms with E-state index in [0.717, 1.165) is 6.08 Å². The molecule has 18 N–H and O–H groups in total. The number of aliphatic hydroxyl groups excluding tert-OH is 17. The van der Waals surface area contributed by atoms with Crippen LogP contribution < -0.4 is 0 Å². The molecule has 0 spiro atoms. The molecule has 46 nitrogen and oxygen atoms in total. The van der Waals surface area contributed by atoms with Gasteiger partial charge in [-0.25, -0.2) is 0 Å². The van der Waals surface area contributed by atoms with Gasteiger partial charge in [-0.2, -0.15) is 0 Å². The SMILES string of the molecule is C=CCO/C1=C(\O)C(CCN=[N+]=[N-])OC2OC(CC)C(OC(O)C(O)C(O)C(CCN=[N+]=[N-])OC(O)/C(O)=C(/O)C(CCN=[N+]=[N-])OC(O)/C(O)=C(/O)C(CCN=[N+]=[N-])OC(O)/C(O)=C(\O)C(CCN=[N+]=[N-])OC3OC4(CN=[N+]=[N-])C(OC1O)C(O)C34O)C(O)C2O. The van der Waals surface area contributed by atoms with Crippen molar-refractivity contribution in [3.05, 3.63) is 121 Å². The molecular formula is C46H70N18O28. The Hall–Kier alpha value is -7.84. The van der Waals surface area contributed by atoms with Crippen LogP contribution in [0.1, 0.15) is 45.4 Å². The summed E-state index contributed by atoms with van der Waals surface area (Å²) >= 11 is 0. The summed E-state index contributed by atoms with van der Waals surface area (Å²) in [5.41, 5.74) is 49.0. The first kappa shape index (κ1) is 76.6. The Labute approximate surface area is 516 Å². The second-order valence-corrected chi connectivity index (χ2v) is 19.9. The minimum atomic E-state index is -2.90. The zero-order chi connectivity index (χ0) is 68.6. The van der Waals surface area contributed by atoms with Crippen LogP contribution >= 0.6 is 0 Å². The topological polar surface area (TPSA) is 749 Å². The van der Waals surface area contributed by atoms with Gasteiger partial charge in [0.05, 0.1) is 18.8 Å². The highest BCUT2D eigenvalue weighted by Crippen LogP contribution is 2.60. The molecule has 5 rings (SSSR count). The first-order chi connectivity index (χ1) is 43.8. The van der Waals surface area contributed by atoms with E-state index in [1.165, 1.54) is 6.92 Å².